The van der Waals surface area contributed by atoms with Gasteiger partial charge in [-0.3, -0.25) is 4.79 Å². The smallest absolute Gasteiger partial charge is 0.260 e. The van der Waals surface area contributed by atoms with Crippen molar-refractivity contribution in [1.29, 1.82) is 0 Å². The third-order valence-electron chi connectivity index (χ3n) is 5.74. The van der Waals surface area contributed by atoms with Gasteiger partial charge in [0.05, 0.1) is 26.3 Å². The molecule has 8 heteroatoms. The molecule has 1 fully saturated rings. The Hall–Kier alpha value is -3.19. The Balaban J connectivity index is 1.38. The van der Waals surface area contributed by atoms with Gasteiger partial charge in [-0.1, -0.05) is 35.9 Å². The second kappa shape index (κ2) is 10.6. The molecule has 0 bridgehead atoms. The molecule has 0 saturated carbocycles. The number of hydrogen-bond donors (Lipinski definition) is 0. The number of ether oxygens (including phenoxy) is 3. The van der Waals surface area contributed by atoms with Gasteiger partial charge in [-0.25, -0.2) is 4.98 Å². The average molecular weight is 471 g/mol. The number of methoxy groups -OCH3 is 2. The summed E-state index contributed by atoms with van der Waals surface area (Å²) in [6.45, 7) is 1.11. The van der Waals surface area contributed by atoms with Gasteiger partial charge < -0.3 is 23.5 Å². The van der Waals surface area contributed by atoms with E-state index in [1.54, 1.807) is 43.5 Å². The number of oxazole rings is 1. The number of likely N-dealkylation sites (tertiary alicyclic amines) is 1. The first-order chi connectivity index (χ1) is 16.1. The van der Waals surface area contributed by atoms with Crippen molar-refractivity contribution in [2.45, 2.75) is 25.2 Å². The molecule has 174 valence electrons. The van der Waals surface area contributed by atoms with Gasteiger partial charge in [-0.15, -0.1) is 0 Å². The number of benzene rings is 2. The van der Waals surface area contributed by atoms with Crippen molar-refractivity contribution in [3.63, 3.8) is 0 Å². The van der Waals surface area contributed by atoms with Crippen LogP contribution in [0.25, 0.3) is 0 Å². The summed E-state index contributed by atoms with van der Waals surface area (Å²) >= 11 is 6.26. The van der Waals surface area contributed by atoms with Crippen LogP contribution in [0.2, 0.25) is 5.02 Å². The molecule has 0 unspecified atom stereocenters. The molecule has 2 heterocycles. The Morgan fingerprint density at radius 1 is 1.15 bits per heavy atom. The van der Waals surface area contributed by atoms with Gasteiger partial charge in [0.25, 0.3) is 5.91 Å². The molecule has 7 nitrogen and oxygen atoms in total. The summed E-state index contributed by atoms with van der Waals surface area (Å²) < 4.78 is 22.5. The van der Waals surface area contributed by atoms with Crippen LogP contribution < -0.4 is 14.2 Å². The van der Waals surface area contributed by atoms with E-state index in [1.165, 1.54) is 0 Å². The van der Waals surface area contributed by atoms with Crippen molar-refractivity contribution in [3.8, 4) is 17.2 Å². The molecule has 0 spiro atoms. The molecule has 1 aromatic heterocycles. The number of piperidine rings is 1. The standard InChI is InChI=1S/C25H27ClN2O5/c1-30-21-10-5-11-22(31-2)24(21)32-16-23(29)28-12-6-8-18(15-28)25-27-14-19(33-25)13-17-7-3-4-9-20(17)26/h3-5,7,9-11,14,18H,6,8,12-13,15-16H2,1-2H3/t18-/m0/s1. The van der Waals surface area contributed by atoms with Gasteiger partial charge in [0.15, 0.2) is 24.0 Å². The van der Waals surface area contributed by atoms with E-state index in [9.17, 15) is 4.79 Å². The first kappa shape index (κ1) is 23.0. The van der Waals surface area contributed by atoms with Crippen molar-refractivity contribution < 1.29 is 23.4 Å². The maximum Gasteiger partial charge on any atom is 0.260 e. The molecule has 0 N–H and O–H groups in total. The number of halogens is 1. The first-order valence-electron chi connectivity index (χ1n) is 10.9. The van der Waals surface area contributed by atoms with E-state index in [4.69, 9.17) is 30.2 Å². The van der Waals surface area contributed by atoms with Crippen LogP contribution in [-0.2, 0) is 11.2 Å². The van der Waals surface area contributed by atoms with Crippen molar-refractivity contribution >= 4 is 17.5 Å². The summed E-state index contributed by atoms with van der Waals surface area (Å²) in [5.41, 5.74) is 0.992. The predicted octanol–water partition coefficient (Wildman–Crippen LogP) is 4.72. The third-order valence-corrected chi connectivity index (χ3v) is 6.11. The minimum Gasteiger partial charge on any atom is -0.493 e. The van der Waals surface area contributed by atoms with Gasteiger partial charge in [0, 0.05) is 24.5 Å². The monoisotopic (exact) mass is 470 g/mol. The van der Waals surface area contributed by atoms with Gasteiger partial charge >= 0.3 is 0 Å². The fourth-order valence-corrected chi connectivity index (χ4v) is 4.21. The number of aromatic nitrogens is 1. The molecule has 1 atom stereocenters. The van der Waals surface area contributed by atoms with E-state index >= 15 is 0 Å². The quantitative estimate of drug-likeness (QED) is 0.474. The minimum atomic E-state index is -0.104. The molecular weight excluding hydrogens is 444 g/mol. The fourth-order valence-electron chi connectivity index (χ4n) is 4.01. The molecule has 1 aliphatic heterocycles. The summed E-state index contributed by atoms with van der Waals surface area (Å²) in [6, 6.07) is 13.0. The van der Waals surface area contributed by atoms with E-state index in [0.29, 0.717) is 47.7 Å². The number of nitrogens with zero attached hydrogens (tertiary/aromatic N) is 2. The number of para-hydroxylation sites is 1. The highest BCUT2D eigenvalue weighted by molar-refractivity contribution is 6.31. The lowest BCUT2D eigenvalue weighted by Crippen LogP contribution is -2.41. The Morgan fingerprint density at radius 2 is 1.91 bits per heavy atom. The molecule has 33 heavy (non-hydrogen) atoms. The van der Waals surface area contributed by atoms with Gasteiger partial charge in [0.2, 0.25) is 5.75 Å². The van der Waals surface area contributed by atoms with Gasteiger partial charge in [0.1, 0.15) is 5.76 Å². The maximum absolute atomic E-state index is 12.9. The van der Waals surface area contributed by atoms with Crippen molar-refractivity contribution in [2.24, 2.45) is 0 Å². The Morgan fingerprint density at radius 3 is 2.64 bits per heavy atom. The van der Waals surface area contributed by atoms with Crippen LogP contribution in [0.4, 0.5) is 0 Å². The van der Waals surface area contributed by atoms with Crippen LogP contribution in [0.1, 0.15) is 36.0 Å². The molecule has 1 amide bonds. The SMILES string of the molecule is COc1cccc(OC)c1OCC(=O)N1CCC[C@H](c2ncc(Cc3ccccc3Cl)o2)C1. The summed E-state index contributed by atoms with van der Waals surface area (Å²) in [6.07, 6.45) is 4.11. The summed E-state index contributed by atoms with van der Waals surface area (Å²) in [7, 11) is 3.10. The zero-order chi connectivity index (χ0) is 23.2. The van der Waals surface area contributed by atoms with Crippen LogP contribution >= 0.6 is 11.6 Å². The van der Waals surface area contributed by atoms with Gasteiger partial charge in [-0.2, -0.15) is 0 Å². The second-order valence-electron chi connectivity index (χ2n) is 7.89. The van der Waals surface area contributed by atoms with Crippen molar-refractivity contribution in [2.75, 3.05) is 33.9 Å². The maximum atomic E-state index is 12.9. The lowest BCUT2D eigenvalue weighted by Gasteiger charge is -2.31. The molecule has 0 radical (unpaired) electrons. The van der Waals surface area contributed by atoms with Crippen LogP contribution in [0.3, 0.4) is 0 Å². The number of carbonyl (C=O) groups excluding carboxylic acids is 1. The third kappa shape index (κ3) is 5.42. The molecule has 1 aliphatic rings. The zero-order valence-electron chi connectivity index (χ0n) is 18.8. The zero-order valence-corrected chi connectivity index (χ0v) is 19.5. The van der Waals surface area contributed by atoms with Crippen LogP contribution in [0.5, 0.6) is 17.2 Å². The second-order valence-corrected chi connectivity index (χ2v) is 8.30. The van der Waals surface area contributed by atoms with Crippen molar-refractivity contribution in [3.05, 3.63) is 70.9 Å². The lowest BCUT2D eigenvalue weighted by molar-refractivity contribution is -0.134. The Bertz CT molecular complexity index is 1080. The number of carbonyl (C=O) groups is 1. The average Bonchev–Trinajstić information content (AvgIpc) is 3.32. The number of hydrogen-bond acceptors (Lipinski definition) is 6. The molecule has 4 rings (SSSR count). The molecule has 3 aromatic rings. The molecule has 1 saturated heterocycles. The van der Waals surface area contributed by atoms with E-state index in [1.807, 2.05) is 24.3 Å². The normalized spacial score (nSPS) is 15.8. The fraction of sp³-hybridized carbons (Fsp3) is 0.360. The van der Waals surface area contributed by atoms with Crippen LogP contribution in [0.15, 0.2) is 53.1 Å². The van der Waals surface area contributed by atoms with Crippen molar-refractivity contribution in [1.82, 2.24) is 9.88 Å². The van der Waals surface area contributed by atoms with E-state index in [2.05, 4.69) is 4.98 Å². The molecule has 2 aromatic carbocycles. The highest BCUT2D eigenvalue weighted by atomic mass is 35.5. The summed E-state index contributed by atoms with van der Waals surface area (Å²) in [4.78, 5) is 19.2. The van der Waals surface area contributed by atoms with Gasteiger partial charge in [-0.05, 0) is 36.6 Å². The van der Waals surface area contributed by atoms with E-state index in [-0.39, 0.29) is 18.4 Å². The summed E-state index contributed by atoms with van der Waals surface area (Å²) in [5.74, 6) is 2.81. The highest BCUT2D eigenvalue weighted by Gasteiger charge is 2.28. The van der Waals surface area contributed by atoms with Crippen LogP contribution in [-0.4, -0.2) is 49.7 Å². The molecular formula is C25H27ClN2O5. The lowest BCUT2D eigenvalue weighted by atomic mass is 9.98. The number of rotatable bonds is 8. The minimum absolute atomic E-state index is 0.0449. The summed E-state index contributed by atoms with van der Waals surface area (Å²) in [5, 5.41) is 0.705. The topological polar surface area (TPSA) is 74.0 Å². The van der Waals surface area contributed by atoms with E-state index in [0.717, 1.165) is 24.2 Å². The number of amides is 1. The Kier molecular flexibility index (Phi) is 7.40. The largest absolute Gasteiger partial charge is 0.493 e. The Labute approximate surface area is 198 Å². The highest BCUT2D eigenvalue weighted by Crippen LogP contribution is 2.37. The van der Waals surface area contributed by atoms with Crippen LogP contribution in [0, 0.1) is 0 Å². The first-order valence-corrected chi connectivity index (χ1v) is 11.3. The van der Waals surface area contributed by atoms with E-state index < -0.39 is 0 Å². The predicted molar refractivity (Wildman–Crippen MR) is 124 cm³/mol. The molecule has 0 aliphatic carbocycles.